The van der Waals surface area contributed by atoms with E-state index >= 15 is 0 Å². The molecule has 3 unspecified atom stereocenters. The molecular weight excluding hydrogens is 952 g/mol. The van der Waals surface area contributed by atoms with Crippen LogP contribution in [0.5, 0.6) is 0 Å². The third-order valence-corrected chi connectivity index (χ3v) is 12.9. The fourth-order valence-electron chi connectivity index (χ4n) is 7.52. The summed E-state index contributed by atoms with van der Waals surface area (Å²) in [6.45, 7) is 4.41. The van der Waals surface area contributed by atoms with Gasteiger partial charge in [0.15, 0.2) is 6.10 Å². The van der Waals surface area contributed by atoms with Crippen molar-refractivity contribution in [1.29, 1.82) is 0 Å². The van der Waals surface area contributed by atoms with E-state index in [4.69, 9.17) is 23.3 Å². The van der Waals surface area contributed by atoms with Gasteiger partial charge in [0.25, 0.3) is 0 Å². The van der Waals surface area contributed by atoms with Crippen molar-refractivity contribution in [3.8, 4) is 0 Å². The third-order valence-electron chi connectivity index (χ3n) is 12.0. The van der Waals surface area contributed by atoms with Crippen LogP contribution in [0.2, 0.25) is 0 Å². The van der Waals surface area contributed by atoms with Crippen LogP contribution in [-0.4, -0.2) is 66.5 Å². The van der Waals surface area contributed by atoms with E-state index in [0.717, 1.165) is 135 Å². The summed E-state index contributed by atoms with van der Waals surface area (Å²) in [7, 11) is -4.77. The van der Waals surface area contributed by atoms with Gasteiger partial charge >= 0.3 is 25.7 Å². The number of carbonyl (C=O) groups is 3. The third kappa shape index (κ3) is 53.2. The van der Waals surface area contributed by atoms with Crippen molar-refractivity contribution < 1.29 is 52.2 Å². The zero-order valence-corrected chi connectivity index (χ0v) is 47.7. The summed E-state index contributed by atoms with van der Waals surface area (Å²) in [4.78, 5) is 48.5. The molecule has 11 nitrogen and oxygen atoms in total. The Kier molecular flexibility index (Phi) is 52.9. The summed E-state index contributed by atoms with van der Waals surface area (Å²) in [6.07, 6.45) is 65.0. The second-order valence-electron chi connectivity index (χ2n) is 19.1. The zero-order chi connectivity index (χ0) is 54.1. The number of aliphatic hydroxyl groups excluding tert-OH is 1. The van der Waals surface area contributed by atoms with E-state index < -0.39 is 57.8 Å². The Morgan fingerprint density at radius 1 is 0.392 bits per heavy atom. The smallest absolute Gasteiger partial charge is 0.462 e. The molecule has 0 radical (unpaired) electrons. The number of phosphoric acid groups is 1. The Labute approximate surface area is 451 Å². The fraction of sp³-hybridized carbons (Fsp3) is 0.694. The maximum atomic E-state index is 12.9. The Hall–Kier alpha value is -3.60. The number of aliphatic hydroxyl groups is 1. The first-order valence-corrected chi connectivity index (χ1v) is 30.6. The highest BCUT2D eigenvalue weighted by molar-refractivity contribution is 7.47. The highest BCUT2D eigenvalue weighted by Gasteiger charge is 2.28. The average Bonchev–Trinajstić information content (AvgIpc) is 3.39. The topological polar surface area (TPSA) is 155 Å². The molecule has 0 fully saturated rings. The van der Waals surface area contributed by atoms with E-state index in [9.17, 15) is 28.9 Å². The number of unbranched alkanes of at least 4 members (excludes halogenated alkanes) is 20. The lowest BCUT2D eigenvalue weighted by Crippen LogP contribution is -2.30. The predicted octanol–water partition coefficient (Wildman–Crippen LogP) is 17.3. The van der Waals surface area contributed by atoms with Crippen LogP contribution in [0.15, 0.2) is 97.2 Å². The number of esters is 3. The summed E-state index contributed by atoms with van der Waals surface area (Å²) in [5, 5.41) is 9.81. The molecule has 0 aliphatic rings. The van der Waals surface area contributed by atoms with Crippen LogP contribution >= 0.6 is 7.82 Å². The molecule has 0 amide bonds. The molecule has 0 aromatic carbocycles. The van der Waals surface area contributed by atoms with E-state index in [0.29, 0.717) is 19.3 Å². The van der Waals surface area contributed by atoms with Crippen LogP contribution in [-0.2, 0) is 42.2 Å². The highest BCUT2D eigenvalue weighted by atomic mass is 31.2. The Balaban J connectivity index is 4.78. The monoisotopic (exact) mass is 1060 g/mol. The lowest BCUT2D eigenvalue weighted by atomic mass is 10.1. The quantitative estimate of drug-likeness (QED) is 0.0197. The SMILES string of the molecule is CC/C=C\C/C=C\C/C=C\CCCCCC(=O)OCC(COP(=O)(O)OCC(CO)OC(=O)CCCCCCC/C=C\C/C=C\CCCCC)OC(=O)CCCCCCCC/C=C\C/C=C\C/C=C\CCCCC. The minimum absolute atomic E-state index is 0.141. The van der Waals surface area contributed by atoms with Gasteiger partial charge in [-0.3, -0.25) is 23.4 Å². The van der Waals surface area contributed by atoms with Crippen molar-refractivity contribution in [2.45, 2.75) is 251 Å². The summed E-state index contributed by atoms with van der Waals surface area (Å²) in [6, 6.07) is 0. The normalized spacial score (nSPS) is 14.1. The molecule has 74 heavy (non-hydrogen) atoms. The van der Waals surface area contributed by atoms with Crippen molar-refractivity contribution in [3.05, 3.63) is 97.2 Å². The number of ether oxygens (including phenoxy) is 3. The molecule has 0 heterocycles. The molecule has 3 atom stereocenters. The van der Waals surface area contributed by atoms with Gasteiger partial charge in [-0.2, -0.15) is 0 Å². The average molecular weight is 1060 g/mol. The number of rotatable bonds is 53. The Morgan fingerprint density at radius 3 is 1.09 bits per heavy atom. The first-order valence-electron chi connectivity index (χ1n) is 29.1. The molecule has 0 spiro atoms. The van der Waals surface area contributed by atoms with Crippen LogP contribution in [0.3, 0.4) is 0 Å². The first kappa shape index (κ1) is 70.4. The van der Waals surface area contributed by atoms with E-state index in [1.165, 1.54) is 44.9 Å². The fourth-order valence-corrected chi connectivity index (χ4v) is 8.31. The summed E-state index contributed by atoms with van der Waals surface area (Å²) >= 11 is 0. The molecule has 0 aliphatic heterocycles. The molecule has 0 bridgehead atoms. The van der Waals surface area contributed by atoms with Gasteiger partial charge < -0.3 is 24.2 Å². The number of carbonyl (C=O) groups excluding carboxylic acids is 3. The Bertz CT molecular complexity index is 1610. The lowest BCUT2D eigenvalue weighted by Gasteiger charge is -2.21. The molecule has 0 rings (SSSR count). The van der Waals surface area contributed by atoms with E-state index in [2.05, 4.69) is 118 Å². The summed E-state index contributed by atoms with van der Waals surface area (Å²) in [5.74, 6) is -1.53. The zero-order valence-electron chi connectivity index (χ0n) is 46.8. The van der Waals surface area contributed by atoms with Crippen LogP contribution in [0.1, 0.15) is 239 Å². The van der Waals surface area contributed by atoms with Crippen molar-refractivity contribution in [2.75, 3.05) is 26.4 Å². The molecule has 0 aliphatic carbocycles. The largest absolute Gasteiger partial charge is 0.472 e. The van der Waals surface area contributed by atoms with E-state index in [-0.39, 0.29) is 25.9 Å². The molecule has 12 heteroatoms. The molecule has 0 saturated carbocycles. The van der Waals surface area contributed by atoms with Gasteiger partial charge in [-0.05, 0) is 122 Å². The van der Waals surface area contributed by atoms with Gasteiger partial charge in [-0.1, -0.05) is 195 Å². The van der Waals surface area contributed by atoms with Crippen molar-refractivity contribution in [2.24, 2.45) is 0 Å². The molecular formula is C62H105O11P. The second-order valence-corrected chi connectivity index (χ2v) is 20.5. The van der Waals surface area contributed by atoms with Crippen LogP contribution in [0.4, 0.5) is 0 Å². The standard InChI is InChI=1S/C62H105O11P/c1-4-7-10-13-16-19-22-25-27-28-29-30-32-35-38-41-44-47-50-53-62(66)73-59(55-69-60(64)51-48-45-42-39-36-33-24-21-18-15-12-9-6-3)57-71-74(67,68)70-56-58(54-63)72-61(65)52-49-46-43-40-37-34-31-26-23-20-17-14-11-8-5-2/h9,12,16-21,25-27,29-31,33,36,58-59,63H,4-8,10-11,13-15,22-24,28,32,34-35,37-57H2,1-3H3,(H,67,68)/b12-9-,19-16-,20-17-,21-18-,27-25-,30-29-,31-26-,36-33-. The first-order chi connectivity index (χ1) is 36.2. The number of allylic oxidation sites excluding steroid dienone is 16. The highest BCUT2D eigenvalue weighted by Crippen LogP contribution is 2.43. The predicted molar refractivity (Wildman–Crippen MR) is 307 cm³/mol. The lowest BCUT2D eigenvalue weighted by molar-refractivity contribution is -0.161. The molecule has 0 aromatic rings. The van der Waals surface area contributed by atoms with Gasteiger partial charge in [0.1, 0.15) is 12.7 Å². The van der Waals surface area contributed by atoms with Gasteiger partial charge in [-0.15, -0.1) is 0 Å². The second kappa shape index (κ2) is 55.6. The maximum absolute atomic E-state index is 12.9. The van der Waals surface area contributed by atoms with Crippen molar-refractivity contribution >= 4 is 25.7 Å². The molecule has 0 saturated heterocycles. The van der Waals surface area contributed by atoms with Gasteiger partial charge in [0.2, 0.25) is 0 Å². The van der Waals surface area contributed by atoms with Gasteiger partial charge in [0, 0.05) is 19.3 Å². The number of phosphoric ester groups is 1. The number of hydrogen-bond acceptors (Lipinski definition) is 10. The minimum atomic E-state index is -4.77. The van der Waals surface area contributed by atoms with E-state index in [1.54, 1.807) is 0 Å². The van der Waals surface area contributed by atoms with Crippen LogP contribution in [0.25, 0.3) is 0 Å². The Morgan fingerprint density at radius 2 is 0.703 bits per heavy atom. The van der Waals surface area contributed by atoms with Crippen LogP contribution < -0.4 is 0 Å². The maximum Gasteiger partial charge on any atom is 0.472 e. The number of hydrogen-bond donors (Lipinski definition) is 2. The summed E-state index contributed by atoms with van der Waals surface area (Å²) < 4.78 is 39.5. The van der Waals surface area contributed by atoms with Crippen molar-refractivity contribution in [3.63, 3.8) is 0 Å². The van der Waals surface area contributed by atoms with Gasteiger partial charge in [0.05, 0.1) is 19.8 Å². The van der Waals surface area contributed by atoms with Crippen LogP contribution in [0, 0.1) is 0 Å². The summed E-state index contributed by atoms with van der Waals surface area (Å²) in [5.41, 5.74) is 0. The molecule has 0 aromatic heterocycles. The molecule has 2 N–H and O–H groups in total. The van der Waals surface area contributed by atoms with E-state index in [1.807, 2.05) is 0 Å². The molecule has 424 valence electrons. The van der Waals surface area contributed by atoms with Crippen molar-refractivity contribution in [1.82, 2.24) is 0 Å². The van der Waals surface area contributed by atoms with Gasteiger partial charge in [-0.25, -0.2) is 4.57 Å². The minimum Gasteiger partial charge on any atom is -0.462 e.